The molecule has 140 valence electrons. The summed E-state index contributed by atoms with van der Waals surface area (Å²) in [7, 11) is 0. The van der Waals surface area contributed by atoms with Crippen LogP contribution in [0, 0.1) is 5.82 Å². The predicted molar refractivity (Wildman–Crippen MR) is 102 cm³/mol. The van der Waals surface area contributed by atoms with Crippen LogP contribution >= 0.6 is 22.9 Å². The van der Waals surface area contributed by atoms with Crippen LogP contribution in [0.25, 0.3) is 10.2 Å². The van der Waals surface area contributed by atoms with Crippen molar-refractivity contribution in [1.29, 1.82) is 0 Å². The Morgan fingerprint density at radius 2 is 2.04 bits per heavy atom. The molecule has 0 aliphatic heterocycles. The van der Waals surface area contributed by atoms with E-state index in [4.69, 9.17) is 16.3 Å². The minimum absolute atomic E-state index is 0.116. The molecule has 0 unspecified atom stereocenters. The maximum Gasteiger partial charge on any atom is 0.307 e. The Kier molecular flexibility index (Phi) is 6.03. The van der Waals surface area contributed by atoms with Gasteiger partial charge in [0, 0.05) is 6.54 Å². The zero-order chi connectivity index (χ0) is 19.4. The van der Waals surface area contributed by atoms with Gasteiger partial charge < -0.3 is 9.30 Å². The number of rotatable bonds is 5. The van der Waals surface area contributed by atoms with E-state index < -0.39 is 5.91 Å². The predicted octanol–water partition coefficient (Wildman–Crippen LogP) is 4.19. The number of aromatic nitrogens is 1. The van der Waals surface area contributed by atoms with E-state index in [1.807, 2.05) is 0 Å². The maximum absolute atomic E-state index is 13.6. The molecule has 27 heavy (non-hydrogen) atoms. The van der Waals surface area contributed by atoms with Crippen molar-refractivity contribution in [3.05, 3.63) is 63.7 Å². The SMILES string of the molecule is CCOC(=O)CCn1c(=NC(=O)c2ccccc2Cl)sc2cc(F)ccc21. The topological polar surface area (TPSA) is 60.7 Å². The number of esters is 1. The van der Waals surface area contributed by atoms with Crippen LogP contribution in [0.1, 0.15) is 23.7 Å². The van der Waals surface area contributed by atoms with E-state index in [9.17, 15) is 14.0 Å². The zero-order valence-corrected chi connectivity index (χ0v) is 16.0. The van der Waals surface area contributed by atoms with Crippen LogP contribution in [0.4, 0.5) is 4.39 Å². The lowest BCUT2D eigenvalue weighted by atomic mass is 10.2. The molecule has 0 bridgehead atoms. The number of hydrogen-bond acceptors (Lipinski definition) is 4. The van der Waals surface area contributed by atoms with Gasteiger partial charge in [0.1, 0.15) is 5.82 Å². The highest BCUT2D eigenvalue weighted by Gasteiger charge is 2.13. The number of carbonyl (C=O) groups excluding carboxylic acids is 2. The van der Waals surface area contributed by atoms with Crippen LogP contribution in [-0.2, 0) is 16.1 Å². The highest BCUT2D eigenvalue weighted by atomic mass is 35.5. The van der Waals surface area contributed by atoms with Crippen LogP contribution in [0.2, 0.25) is 5.02 Å². The number of fused-ring (bicyclic) bond motifs is 1. The molecule has 8 heteroatoms. The van der Waals surface area contributed by atoms with Crippen LogP contribution < -0.4 is 4.80 Å². The van der Waals surface area contributed by atoms with Crippen molar-refractivity contribution >= 4 is 45.0 Å². The molecule has 0 aliphatic carbocycles. The van der Waals surface area contributed by atoms with Crippen LogP contribution in [-0.4, -0.2) is 23.1 Å². The van der Waals surface area contributed by atoms with Crippen molar-refractivity contribution in [2.75, 3.05) is 6.61 Å². The van der Waals surface area contributed by atoms with Crippen molar-refractivity contribution < 1.29 is 18.7 Å². The van der Waals surface area contributed by atoms with Gasteiger partial charge in [-0.25, -0.2) is 4.39 Å². The van der Waals surface area contributed by atoms with Gasteiger partial charge in [-0.2, -0.15) is 4.99 Å². The number of ether oxygens (including phenoxy) is 1. The fourth-order valence-electron chi connectivity index (χ4n) is 2.57. The number of carbonyl (C=O) groups is 2. The number of benzene rings is 2. The summed E-state index contributed by atoms with van der Waals surface area (Å²) in [6, 6.07) is 10.9. The van der Waals surface area contributed by atoms with Gasteiger partial charge in [0.05, 0.1) is 33.8 Å². The first-order chi connectivity index (χ1) is 13.0. The summed E-state index contributed by atoms with van der Waals surface area (Å²) in [5.74, 6) is -1.24. The maximum atomic E-state index is 13.6. The van der Waals surface area contributed by atoms with Crippen molar-refractivity contribution in [3.63, 3.8) is 0 Å². The first-order valence-electron chi connectivity index (χ1n) is 8.27. The molecule has 2 aromatic carbocycles. The highest BCUT2D eigenvalue weighted by Crippen LogP contribution is 2.20. The number of halogens is 2. The Morgan fingerprint density at radius 1 is 1.26 bits per heavy atom. The van der Waals surface area contributed by atoms with E-state index in [0.29, 0.717) is 26.6 Å². The molecule has 0 fully saturated rings. The average Bonchev–Trinajstić information content (AvgIpc) is 2.96. The second kappa shape index (κ2) is 8.45. The van der Waals surface area contributed by atoms with Crippen LogP contribution in [0.3, 0.4) is 0 Å². The first-order valence-corrected chi connectivity index (χ1v) is 9.47. The lowest BCUT2D eigenvalue weighted by molar-refractivity contribution is -0.143. The summed E-state index contributed by atoms with van der Waals surface area (Å²) in [5, 5.41) is 0.302. The molecule has 0 saturated carbocycles. The molecule has 1 heterocycles. The smallest absolute Gasteiger partial charge is 0.307 e. The number of thiazole rings is 1. The fourth-order valence-corrected chi connectivity index (χ4v) is 3.86. The molecule has 0 spiro atoms. The van der Waals surface area contributed by atoms with E-state index in [2.05, 4.69) is 4.99 Å². The van der Waals surface area contributed by atoms with Gasteiger partial charge in [0.15, 0.2) is 4.80 Å². The number of amides is 1. The van der Waals surface area contributed by atoms with Crippen LogP contribution in [0.5, 0.6) is 0 Å². The van der Waals surface area contributed by atoms with Crippen molar-refractivity contribution in [3.8, 4) is 0 Å². The Labute approximate surface area is 163 Å². The van der Waals surface area contributed by atoms with Crippen molar-refractivity contribution in [2.45, 2.75) is 19.9 Å². The van der Waals surface area contributed by atoms with E-state index >= 15 is 0 Å². The molecule has 1 amide bonds. The molecule has 0 atom stereocenters. The summed E-state index contributed by atoms with van der Waals surface area (Å²) < 4.78 is 20.9. The molecule has 0 aliphatic rings. The molecule has 3 aromatic rings. The number of aryl methyl sites for hydroxylation is 1. The lowest BCUT2D eigenvalue weighted by Gasteiger charge is -2.05. The summed E-state index contributed by atoms with van der Waals surface area (Å²) >= 11 is 7.24. The molecular weight excluding hydrogens is 391 g/mol. The number of hydrogen-bond donors (Lipinski definition) is 0. The average molecular weight is 407 g/mol. The largest absolute Gasteiger partial charge is 0.466 e. The summed E-state index contributed by atoms with van der Waals surface area (Å²) in [6.45, 7) is 2.29. The van der Waals surface area contributed by atoms with Gasteiger partial charge in [0.2, 0.25) is 0 Å². The quantitative estimate of drug-likeness (QED) is 0.597. The second-order valence-electron chi connectivity index (χ2n) is 5.60. The van der Waals surface area contributed by atoms with E-state index in [1.54, 1.807) is 41.8 Å². The molecular formula is C19H16ClFN2O3S. The Morgan fingerprint density at radius 3 is 2.78 bits per heavy atom. The van der Waals surface area contributed by atoms with Crippen LogP contribution in [0.15, 0.2) is 47.5 Å². The third-order valence-electron chi connectivity index (χ3n) is 3.79. The van der Waals surface area contributed by atoms with Crippen molar-refractivity contribution in [2.24, 2.45) is 4.99 Å². The third-order valence-corrected chi connectivity index (χ3v) is 5.16. The summed E-state index contributed by atoms with van der Waals surface area (Å²) in [4.78, 5) is 28.8. The summed E-state index contributed by atoms with van der Waals surface area (Å²) in [5.41, 5.74) is 0.969. The number of nitrogens with zero attached hydrogens (tertiary/aromatic N) is 2. The minimum atomic E-state index is -0.502. The monoisotopic (exact) mass is 406 g/mol. The molecule has 1 aromatic heterocycles. The Bertz CT molecular complexity index is 1070. The van der Waals surface area contributed by atoms with Gasteiger partial charge in [0.25, 0.3) is 5.91 Å². The fraction of sp³-hybridized carbons (Fsp3) is 0.211. The second-order valence-corrected chi connectivity index (χ2v) is 7.02. The minimum Gasteiger partial charge on any atom is -0.466 e. The van der Waals surface area contributed by atoms with Gasteiger partial charge in [-0.1, -0.05) is 35.1 Å². The molecule has 0 radical (unpaired) electrons. The third kappa shape index (κ3) is 4.43. The van der Waals surface area contributed by atoms with Gasteiger partial charge in [-0.05, 0) is 37.3 Å². The summed E-state index contributed by atoms with van der Waals surface area (Å²) in [6.07, 6.45) is 0.116. The molecule has 0 saturated heterocycles. The van der Waals surface area contributed by atoms with Gasteiger partial charge >= 0.3 is 5.97 Å². The highest BCUT2D eigenvalue weighted by molar-refractivity contribution is 7.16. The van der Waals surface area contributed by atoms with Gasteiger partial charge in [-0.15, -0.1) is 0 Å². The molecule has 3 rings (SSSR count). The van der Waals surface area contributed by atoms with E-state index in [1.165, 1.54) is 23.5 Å². The van der Waals surface area contributed by atoms with E-state index in [-0.39, 0.29) is 30.3 Å². The van der Waals surface area contributed by atoms with Gasteiger partial charge in [-0.3, -0.25) is 9.59 Å². The zero-order valence-electron chi connectivity index (χ0n) is 14.4. The molecule has 0 N–H and O–H groups in total. The normalized spacial score (nSPS) is 11.7. The van der Waals surface area contributed by atoms with Crippen molar-refractivity contribution in [1.82, 2.24) is 4.57 Å². The Hall–Kier alpha value is -2.51. The Balaban J connectivity index is 2.05. The molecule has 5 nitrogen and oxygen atoms in total. The standard InChI is InChI=1S/C19H16ClFN2O3S/c1-2-26-17(24)9-10-23-15-8-7-12(21)11-16(15)27-19(23)22-18(25)13-5-3-4-6-14(13)20/h3-8,11H,2,9-10H2,1H3. The van der Waals surface area contributed by atoms with E-state index in [0.717, 1.165) is 0 Å². The first kappa shape index (κ1) is 19.3. The lowest BCUT2D eigenvalue weighted by Crippen LogP contribution is -2.19.